The van der Waals surface area contributed by atoms with Gasteiger partial charge in [0.1, 0.15) is 0 Å². The maximum Gasteiger partial charge on any atom is 1.00 e. The Morgan fingerprint density at radius 2 is 0.818 bits per heavy atom. The first-order chi connectivity index (χ1) is 25.1. The van der Waals surface area contributed by atoms with Gasteiger partial charge in [0.2, 0.25) is 0 Å². The average molecular weight is 890 g/mol. The van der Waals surface area contributed by atoms with Crippen molar-refractivity contribution >= 4 is 41.0 Å². The summed E-state index contributed by atoms with van der Waals surface area (Å²) in [5.74, 6) is 0. The van der Waals surface area contributed by atoms with Gasteiger partial charge in [0, 0.05) is 11.2 Å². The third-order valence-corrected chi connectivity index (χ3v) is 16.2. The van der Waals surface area contributed by atoms with Gasteiger partial charge in [-0.15, -0.1) is 12.1 Å². The molecule has 0 aliphatic rings. The third-order valence-electron chi connectivity index (χ3n) is 6.14. The van der Waals surface area contributed by atoms with Crippen LogP contribution in [0.1, 0.15) is 109 Å². The van der Waals surface area contributed by atoms with Gasteiger partial charge in [0.15, 0.2) is 5.40 Å². The van der Waals surface area contributed by atoms with Crippen molar-refractivity contribution < 1.29 is 73.3 Å². The normalized spacial score (nSPS) is 12.3. The number of hydrogen-bond acceptors (Lipinski definition) is 14. The van der Waals surface area contributed by atoms with E-state index < -0.39 is 35.1 Å². The zero-order chi connectivity index (χ0) is 42.9. The van der Waals surface area contributed by atoms with E-state index in [1.807, 2.05) is 46.9 Å². The van der Waals surface area contributed by atoms with Gasteiger partial charge >= 0.3 is 48.6 Å². The summed E-state index contributed by atoms with van der Waals surface area (Å²) in [6.45, 7) is 23.3. The van der Waals surface area contributed by atoms with Gasteiger partial charge in [-0.05, 0) is 122 Å². The van der Waals surface area contributed by atoms with Gasteiger partial charge in [-0.1, -0.05) is 27.7 Å². The largest absolute Gasteiger partial charge is 1.00 e. The Kier molecular flexibility index (Phi) is 47.0. The molecule has 15 nitrogen and oxygen atoms in total. The second-order valence-corrected chi connectivity index (χ2v) is 22.1. The van der Waals surface area contributed by atoms with Crippen LogP contribution in [0.5, 0.6) is 0 Å². The van der Waals surface area contributed by atoms with Crippen LogP contribution in [0.4, 0.5) is 0 Å². The van der Waals surface area contributed by atoms with Crippen molar-refractivity contribution in [1.82, 2.24) is 9.80 Å². The molecule has 0 heterocycles. The average Bonchev–Trinajstić information content (AvgIpc) is 3.02. The fourth-order valence-corrected chi connectivity index (χ4v) is 12.9. The predicted molar refractivity (Wildman–Crippen MR) is 227 cm³/mol. The summed E-state index contributed by atoms with van der Waals surface area (Å²) in [6, 6.07) is 1.000. The van der Waals surface area contributed by atoms with Gasteiger partial charge in [0.05, 0.1) is 59.0 Å². The molecule has 0 atom stereocenters. The van der Waals surface area contributed by atoms with Crippen LogP contribution in [0.25, 0.3) is 5.32 Å². The zero-order valence-electron chi connectivity index (χ0n) is 37.7. The van der Waals surface area contributed by atoms with E-state index in [0.29, 0.717) is 57.5 Å². The summed E-state index contributed by atoms with van der Waals surface area (Å²) < 4.78 is 90.3. The molecular formula is C34H81ClLiN3O12P4. The second-order valence-electron chi connectivity index (χ2n) is 12.5. The summed E-state index contributed by atoms with van der Waals surface area (Å²) in [6.07, 6.45) is 3.51. The summed E-state index contributed by atoms with van der Waals surface area (Å²) in [4.78, 5) is 4.13. The molecule has 55 heavy (non-hydrogen) atoms. The third kappa shape index (κ3) is 39.3. The van der Waals surface area contributed by atoms with Crippen molar-refractivity contribution in [1.29, 1.82) is 0 Å². The van der Waals surface area contributed by atoms with E-state index in [1.165, 1.54) is 0 Å². The Morgan fingerprint density at radius 1 is 0.509 bits per heavy atom. The van der Waals surface area contributed by atoms with Crippen molar-refractivity contribution in [3.8, 4) is 0 Å². The SMILES string of the molecule is CC(C)[N-]C(C)C.CCOP(=O)(CCCCN(C)C)OCC.CCOP(=O)(Cl)OCC.CCOP(=O)(OCC)C(CCCN(C)C)P(=O)(OCC)OCC.[Li+]. The molecule has 0 aromatic rings. The molecule has 0 N–H and O–H groups in total. The monoisotopic (exact) mass is 889 g/mol. The molecule has 0 saturated carbocycles. The van der Waals surface area contributed by atoms with Gasteiger partial charge in [-0.25, -0.2) is 4.57 Å². The molecule has 0 fully saturated rings. The minimum Gasteiger partial charge on any atom is -0.658 e. The second kappa shape index (κ2) is 39.5. The van der Waals surface area contributed by atoms with Gasteiger partial charge < -0.3 is 42.3 Å². The summed E-state index contributed by atoms with van der Waals surface area (Å²) in [5, 5.41) is 3.37. The Hall–Kier alpha value is 1.37. The molecule has 0 radical (unpaired) electrons. The molecule has 0 amide bonds. The van der Waals surface area contributed by atoms with Gasteiger partial charge in [-0.3, -0.25) is 22.7 Å². The van der Waals surface area contributed by atoms with Crippen LogP contribution in [0.15, 0.2) is 0 Å². The number of halogens is 1. The number of unbranched alkanes of at least 4 members (excludes halogenated alkanes) is 1. The molecule has 0 saturated heterocycles. The summed E-state index contributed by atoms with van der Waals surface area (Å²) >= 11 is 5.25. The fourth-order valence-electron chi connectivity index (χ4n) is 4.45. The summed E-state index contributed by atoms with van der Waals surface area (Å²) in [7, 11) is -2.04. The molecule has 0 aromatic carbocycles. The zero-order valence-corrected chi connectivity index (χ0v) is 42.1. The van der Waals surface area contributed by atoms with E-state index in [9.17, 15) is 18.3 Å². The van der Waals surface area contributed by atoms with Crippen LogP contribution in [-0.4, -0.2) is 128 Å². The van der Waals surface area contributed by atoms with Crippen LogP contribution in [0.2, 0.25) is 0 Å². The first-order valence-electron chi connectivity index (χ1n) is 19.3. The molecule has 0 rings (SSSR count). The Morgan fingerprint density at radius 3 is 1.07 bits per heavy atom. The standard InChI is InChI=1S/C14H33NO6P2.C10H24NO3P.C6H14N.C4H10ClO3P.Li/c1-7-18-22(16,19-8-2)14(12-11-13-15(5)6)23(17,20-9-3)21-10-4;1-5-13-15(12,14-6-2)10-8-7-9-11(3)4;1-5(2)7-6(3)4;1-3-7-9(5,6)8-4-2;/h14H,7-13H2,1-6H3;5-10H2,1-4H3;5-6H,1-4H3;3-4H2,1-2H3;/q;;-1;;+1. The number of rotatable bonds is 29. The topological polar surface area (TPSA) is 163 Å². The maximum atomic E-state index is 13.2. The maximum absolute atomic E-state index is 13.2. The fraction of sp³-hybridized carbons (Fsp3) is 1.00. The van der Waals surface area contributed by atoms with Crippen molar-refractivity contribution in [2.45, 2.75) is 126 Å². The van der Waals surface area contributed by atoms with E-state index >= 15 is 0 Å². The van der Waals surface area contributed by atoms with E-state index in [4.69, 9.17) is 38.4 Å². The quantitative estimate of drug-likeness (QED) is 0.0400. The van der Waals surface area contributed by atoms with E-state index in [1.54, 1.807) is 41.5 Å². The molecule has 0 aliphatic carbocycles. The van der Waals surface area contributed by atoms with E-state index in [2.05, 4.69) is 47.0 Å². The molecule has 0 aliphatic heterocycles. The van der Waals surface area contributed by atoms with Crippen molar-refractivity contribution in [2.75, 3.05) is 100 Å². The number of nitrogens with zero attached hydrogens (tertiary/aromatic N) is 3. The molecule has 0 aromatic heterocycles. The molecule has 0 spiro atoms. The van der Waals surface area contributed by atoms with Gasteiger partial charge in [-0.2, -0.15) is 0 Å². The van der Waals surface area contributed by atoms with Crippen molar-refractivity contribution in [3.05, 3.63) is 5.32 Å². The van der Waals surface area contributed by atoms with Crippen molar-refractivity contribution in [3.63, 3.8) is 0 Å². The first kappa shape index (κ1) is 65.5. The molecule has 0 bridgehead atoms. The Bertz CT molecular complexity index is 977. The minimum absolute atomic E-state index is 0. The minimum atomic E-state index is -3.60. The van der Waals surface area contributed by atoms with E-state index in [0.717, 1.165) is 25.9 Å². The van der Waals surface area contributed by atoms with Gasteiger partial charge in [0.25, 0.3) is 0 Å². The van der Waals surface area contributed by atoms with E-state index in [-0.39, 0.29) is 45.3 Å². The molecule has 332 valence electrons. The van der Waals surface area contributed by atoms with Crippen LogP contribution in [0.3, 0.4) is 0 Å². The van der Waals surface area contributed by atoms with Crippen molar-refractivity contribution in [2.24, 2.45) is 0 Å². The smallest absolute Gasteiger partial charge is 0.658 e. The van der Waals surface area contributed by atoms with Crippen LogP contribution in [-0.2, 0) is 54.5 Å². The molecule has 21 heteroatoms. The first-order valence-corrected chi connectivity index (χ1v) is 26.7. The van der Waals surface area contributed by atoms with Crippen LogP contribution >= 0.6 is 41.0 Å². The summed E-state index contributed by atoms with van der Waals surface area (Å²) in [5.41, 5.74) is 0. The van der Waals surface area contributed by atoms with Crippen LogP contribution < -0.4 is 18.9 Å². The molecule has 0 unspecified atom stereocenters. The predicted octanol–water partition coefficient (Wildman–Crippen LogP) is 8.37. The number of hydrogen-bond donors (Lipinski definition) is 0. The Labute approximate surface area is 354 Å². The Balaban J connectivity index is -0.000000223. The molecular weight excluding hydrogens is 809 g/mol. The van der Waals surface area contributed by atoms with Crippen LogP contribution in [0, 0.1) is 0 Å².